The van der Waals surface area contributed by atoms with Crippen molar-refractivity contribution in [3.63, 3.8) is 0 Å². The Bertz CT molecular complexity index is 685. The number of benzene rings is 2. The van der Waals surface area contributed by atoms with Crippen LogP contribution in [0.4, 0.5) is 0 Å². The monoisotopic (exact) mass is 333 g/mol. The molecule has 2 aromatic rings. The van der Waals surface area contributed by atoms with E-state index >= 15 is 0 Å². The average Bonchev–Trinajstić information content (AvgIpc) is 2.56. The molecule has 0 spiro atoms. The van der Waals surface area contributed by atoms with Crippen molar-refractivity contribution in [2.24, 2.45) is 0 Å². The van der Waals surface area contributed by atoms with Gasteiger partial charge in [0.05, 0.1) is 12.7 Å². The minimum absolute atomic E-state index is 0.0880. The van der Waals surface area contributed by atoms with Crippen molar-refractivity contribution in [3.8, 4) is 11.1 Å². The van der Waals surface area contributed by atoms with Gasteiger partial charge in [0.2, 0.25) is 0 Å². The summed E-state index contributed by atoms with van der Waals surface area (Å²) in [5.41, 5.74) is 3.51. The lowest BCUT2D eigenvalue weighted by Crippen LogP contribution is -2.35. The predicted octanol–water partition coefficient (Wildman–Crippen LogP) is 2.74. The van der Waals surface area contributed by atoms with Crippen LogP contribution in [0, 0.1) is 6.92 Å². The summed E-state index contributed by atoms with van der Waals surface area (Å²) in [5, 5.41) is 19.0. The molecule has 4 nitrogen and oxygen atoms in total. The summed E-state index contributed by atoms with van der Waals surface area (Å²) < 4.78 is 0. The maximum atomic E-state index is 12.3. The van der Waals surface area contributed by atoms with E-state index in [1.807, 2.05) is 37.3 Å². The highest BCUT2D eigenvalue weighted by molar-refractivity contribution is 6.31. The van der Waals surface area contributed by atoms with E-state index in [1.165, 1.54) is 4.90 Å². The zero-order valence-corrected chi connectivity index (χ0v) is 13.9. The Balaban J connectivity index is 2.15. The van der Waals surface area contributed by atoms with Crippen LogP contribution in [0.5, 0.6) is 0 Å². The first-order valence-electron chi connectivity index (χ1n) is 7.33. The van der Waals surface area contributed by atoms with Gasteiger partial charge in [-0.05, 0) is 41.8 Å². The van der Waals surface area contributed by atoms with Gasteiger partial charge < -0.3 is 15.1 Å². The minimum Gasteiger partial charge on any atom is -0.394 e. The van der Waals surface area contributed by atoms with Gasteiger partial charge in [-0.2, -0.15) is 0 Å². The second-order valence-corrected chi connectivity index (χ2v) is 5.97. The Morgan fingerprint density at radius 3 is 2.35 bits per heavy atom. The molecule has 0 heterocycles. The van der Waals surface area contributed by atoms with Crippen LogP contribution in [0.2, 0.25) is 5.02 Å². The highest BCUT2D eigenvalue weighted by atomic mass is 35.5. The van der Waals surface area contributed by atoms with Crippen molar-refractivity contribution in [1.29, 1.82) is 0 Å². The lowest BCUT2D eigenvalue weighted by atomic mass is 10.0. The predicted molar refractivity (Wildman–Crippen MR) is 91.7 cm³/mol. The number of amides is 1. The zero-order valence-electron chi connectivity index (χ0n) is 13.2. The lowest BCUT2D eigenvalue weighted by Gasteiger charge is -2.19. The van der Waals surface area contributed by atoms with Gasteiger partial charge in [-0.15, -0.1) is 0 Å². The molecule has 1 amide bonds. The molecule has 0 aliphatic rings. The molecule has 2 rings (SSSR count). The molecule has 2 aromatic carbocycles. The van der Waals surface area contributed by atoms with E-state index in [4.69, 9.17) is 16.7 Å². The van der Waals surface area contributed by atoms with Gasteiger partial charge in [0.15, 0.2) is 0 Å². The van der Waals surface area contributed by atoms with Crippen molar-refractivity contribution in [1.82, 2.24) is 4.90 Å². The molecule has 23 heavy (non-hydrogen) atoms. The molecule has 0 bridgehead atoms. The van der Waals surface area contributed by atoms with Crippen LogP contribution in [0.3, 0.4) is 0 Å². The maximum absolute atomic E-state index is 12.3. The third-order valence-electron chi connectivity index (χ3n) is 3.68. The third kappa shape index (κ3) is 4.32. The SMILES string of the molecule is Cc1ccc(-c2ccc(C(=O)N(C)C[C@H](O)CO)cc2)cc1Cl. The van der Waals surface area contributed by atoms with Gasteiger partial charge in [0, 0.05) is 24.2 Å². The molecule has 0 radical (unpaired) electrons. The van der Waals surface area contributed by atoms with Crippen molar-refractivity contribution in [3.05, 3.63) is 58.6 Å². The highest BCUT2D eigenvalue weighted by Crippen LogP contribution is 2.25. The van der Waals surface area contributed by atoms with Crippen LogP contribution >= 0.6 is 11.6 Å². The van der Waals surface area contributed by atoms with E-state index in [9.17, 15) is 9.90 Å². The molecule has 0 aliphatic carbocycles. The summed E-state index contributed by atoms with van der Waals surface area (Å²) in [6.07, 6.45) is -0.932. The molecule has 0 fully saturated rings. The number of aliphatic hydroxyl groups excluding tert-OH is 2. The molecule has 5 heteroatoms. The van der Waals surface area contributed by atoms with Gasteiger partial charge in [0.25, 0.3) is 5.91 Å². The molecular weight excluding hydrogens is 314 g/mol. The van der Waals surface area contributed by atoms with E-state index in [-0.39, 0.29) is 19.1 Å². The Morgan fingerprint density at radius 2 is 1.78 bits per heavy atom. The topological polar surface area (TPSA) is 60.8 Å². The fraction of sp³-hybridized carbons (Fsp3) is 0.278. The van der Waals surface area contributed by atoms with Crippen molar-refractivity contribution < 1.29 is 15.0 Å². The fourth-order valence-corrected chi connectivity index (χ4v) is 2.44. The Hall–Kier alpha value is -1.88. The Labute approximate surface area is 140 Å². The van der Waals surface area contributed by atoms with Crippen LogP contribution in [0.25, 0.3) is 11.1 Å². The fourth-order valence-electron chi connectivity index (χ4n) is 2.25. The average molecular weight is 334 g/mol. The summed E-state index contributed by atoms with van der Waals surface area (Å²) in [6, 6.07) is 13.1. The van der Waals surface area contributed by atoms with Crippen molar-refractivity contribution in [2.45, 2.75) is 13.0 Å². The molecule has 2 N–H and O–H groups in total. The van der Waals surface area contributed by atoms with Gasteiger partial charge in [-0.3, -0.25) is 4.79 Å². The molecule has 0 unspecified atom stereocenters. The van der Waals surface area contributed by atoms with Crippen LogP contribution in [0.1, 0.15) is 15.9 Å². The van der Waals surface area contributed by atoms with Crippen molar-refractivity contribution >= 4 is 17.5 Å². The summed E-state index contributed by atoms with van der Waals surface area (Å²) in [5.74, 6) is -0.203. The number of nitrogens with zero attached hydrogens (tertiary/aromatic N) is 1. The van der Waals surface area contributed by atoms with E-state index in [2.05, 4.69) is 0 Å². The summed E-state index contributed by atoms with van der Waals surface area (Å²) >= 11 is 6.14. The number of hydrogen-bond acceptors (Lipinski definition) is 3. The Morgan fingerprint density at radius 1 is 1.17 bits per heavy atom. The minimum atomic E-state index is -0.932. The molecule has 0 aromatic heterocycles. The van der Waals surface area contributed by atoms with E-state index in [0.717, 1.165) is 16.7 Å². The normalized spacial score (nSPS) is 12.0. The first kappa shape index (κ1) is 17.5. The first-order chi connectivity index (χ1) is 10.9. The van der Waals surface area contributed by atoms with E-state index in [0.29, 0.717) is 10.6 Å². The first-order valence-corrected chi connectivity index (χ1v) is 7.71. The molecular formula is C18H20ClNO3. The molecule has 0 aliphatic heterocycles. The second-order valence-electron chi connectivity index (χ2n) is 5.56. The molecule has 122 valence electrons. The number of aryl methyl sites for hydroxylation is 1. The lowest BCUT2D eigenvalue weighted by molar-refractivity contribution is 0.0520. The number of carbonyl (C=O) groups excluding carboxylic acids is 1. The van der Waals surface area contributed by atoms with Crippen LogP contribution < -0.4 is 0 Å². The van der Waals surface area contributed by atoms with Gasteiger partial charge in [-0.1, -0.05) is 35.9 Å². The number of hydrogen-bond donors (Lipinski definition) is 2. The molecule has 0 saturated heterocycles. The zero-order chi connectivity index (χ0) is 17.0. The second kappa shape index (κ2) is 7.59. The maximum Gasteiger partial charge on any atom is 0.253 e. The number of aliphatic hydroxyl groups is 2. The summed E-state index contributed by atoms with van der Waals surface area (Å²) in [6.45, 7) is 1.67. The van der Waals surface area contributed by atoms with Gasteiger partial charge in [-0.25, -0.2) is 0 Å². The third-order valence-corrected chi connectivity index (χ3v) is 4.09. The standard InChI is InChI=1S/C18H20ClNO3/c1-12-3-4-15(9-17(12)19)13-5-7-14(8-6-13)18(23)20(2)10-16(22)11-21/h3-9,16,21-22H,10-11H2,1-2H3/t16-/m0/s1. The number of rotatable bonds is 5. The number of likely N-dealkylation sites (N-methyl/N-ethyl adjacent to an activating group) is 1. The van der Waals surface area contributed by atoms with E-state index < -0.39 is 6.10 Å². The molecule has 0 saturated carbocycles. The molecule has 1 atom stereocenters. The van der Waals surface area contributed by atoms with Gasteiger partial charge >= 0.3 is 0 Å². The number of halogens is 1. The highest BCUT2D eigenvalue weighted by Gasteiger charge is 2.15. The smallest absolute Gasteiger partial charge is 0.253 e. The number of carbonyl (C=O) groups is 1. The Kier molecular flexibility index (Phi) is 5.77. The van der Waals surface area contributed by atoms with Gasteiger partial charge in [0.1, 0.15) is 0 Å². The largest absolute Gasteiger partial charge is 0.394 e. The summed E-state index contributed by atoms with van der Waals surface area (Å²) in [4.78, 5) is 13.6. The van der Waals surface area contributed by atoms with Crippen LogP contribution in [0.15, 0.2) is 42.5 Å². The van der Waals surface area contributed by atoms with E-state index in [1.54, 1.807) is 19.2 Å². The summed E-state index contributed by atoms with van der Waals surface area (Å²) in [7, 11) is 1.59. The quantitative estimate of drug-likeness (QED) is 0.884. The van der Waals surface area contributed by atoms with Crippen molar-refractivity contribution in [2.75, 3.05) is 20.2 Å². The van der Waals surface area contributed by atoms with Crippen LogP contribution in [-0.4, -0.2) is 47.3 Å². The van der Waals surface area contributed by atoms with Crippen LogP contribution in [-0.2, 0) is 0 Å².